The number of rotatable bonds is 4. The second-order valence-corrected chi connectivity index (χ2v) is 6.56. The number of fused-ring (bicyclic) bond motifs is 1. The molecule has 18 heavy (non-hydrogen) atoms. The summed E-state index contributed by atoms with van der Waals surface area (Å²) in [5, 5.41) is 3.43. The zero-order chi connectivity index (χ0) is 12.4. The largest absolute Gasteiger partial charge is 0.323 e. The van der Waals surface area contributed by atoms with Crippen molar-refractivity contribution in [2.24, 2.45) is 5.73 Å². The first-order valence-corrected chi connectivity index (χ1v) is 7.79. The summed E-state index contributed by atoms with van der Waals surface area (Å²) in [7, 11) is 0. The number of aryl methyl sites for hydroxylation is 1. The minimum atomic E-state index is 0.157. The molecule has 0 aliphatic rings. The van der Waals surface area contributed by atoms with Gasteiger partial charge in [0.15, 0.2) is 0 Å². The molecule has 0 saturated carbocycles. The maximum Gasteiger partial charge on any atom is 0.0393 e. The fraction of sp³-hybridized carbons (Fsp3) is 0.200. The van der Waals surface area contributed by atoms with E-state index in [-0.39, 0.29) is 6.04 Å². The van der Waals surface area contributed by atoms with Gasteiger partial charge in [-0.25, -0.2) is 0 Å². The molecule has 0 spiro atoms. The fourth-order valence-electron chi connectivity index (χ4n) is 2.08. The average Bonchev–Trinajstić information content (AvgIpc) is 3.04. The third-order valence-corrected chi connectivity index (χ3v) is 5.28. The summed E-state index contributed by atoms with van der Waals surface area (Å²) in [6.45, 7) is 0. The lowest BCUT2D eigenvalue weighted by atomic mass is 10.1. The lowest BCUT2D eigenvalue weighted by Crippen LogP contribution is -2.09. The van der Waals surface area contributed by atoms with Crippen LogP contribution in [0.4, 0.5) is 0 Å². The first-order chi connectivity index (χ1) is 8.83. The van der Waals surface area contributed by atoms with Crippen LogP contribution >= 0.6 is 22.7 Å². The number of nitrogens with two attached hydrogens (primary N) is 1. The molecular weight excluding hydrogens is 258 g/mol. The van der Waals surface area contributed by atoms with Gasteiger partial charge in [0.1, 0.15) is 0 Å². The van der Waals surface area contributed by atoms with E-state index in [0.717, 1.165) is 12.8 Å². The second-order valence-electron chi connectivity index (χ2n) is 4.41. The van der Waals surface area contributed by atoms with Gasteiger partial charge in [0.05, 0.1) is 0 Å². The zero-order valence-electron chi connectivity index (χ0n) is 10.0. The van der Waals surface area contributed by atoms with E-state index in [4.69, 9.17) is 5.73 Å². The summed E-state index contributed by atoms with van der Waals surface area (Å²) in [5.74, 6) is 0. The van der Waals surface area contributed by atoms with Gasteiger partial charge in [-0.3, -0.25) is 0 Å². The highest BCUT2D eigenvalue weighted by atomic mass is 32.1. The smallest absolute Gasteiger partial charge is 0.0393 e. The van der Waals surface area contributed by atoms with Gasteiger partial charge >= 0.3 is 0 Å². The summed E-state index contributed by atoms with van der Waals surface area (Å²) in [6.07, 6.45) is 2.10. The number of hydrogen-bond donors (Lipinski definition) is 1. The molecule has 2 aromatic heterocycles. The Kier molecular flexibility index (Phi) is 3.46. The van der Waals surface area contributed by atoms with Crippen LogP contribution in [-0.4, -0.2) is 0 Å². The van der Waals surface area contributed by atoms with Crippen LogP contribution in [0.25, 0.3) is 10.1 Å². The van der Waals surface area contributed by atoms with E-state index in [1.165, 1.54) is 19.8 Å². The van der Waals surface area contributed by atoms with E-state index in [1.807, 2.05) is 22.7 Å². The van der Waals surface area contributed by atoms with Crippen LogP contribution in [0.1, 0.15) is 22.2 Å². The maximum absolute atomic E-state index is 6.29. The van der Waals surface area contributed by atoms with E-state index >= 15 is 0 Å². The molecule has 1 aromatic carbocycles. The first kappa shape index (κ1) is 11.9. The molecule has 0 fully saturated rings. The lowest BCUT2D eigenvalue weighted by Gasteiger charge is -2.07. The highest BCUT2D eigenvalue weighted by Crippen LogP contribution is 2.30. The molecule has 2 N–H and O–H groups in total. The Labute approximate surface area is 115 Å². The van der Waals surface area contributed by atoms with Crippen LogP contribution in [0.2, 0.25) is 0 Å². The molecule has 0 amide bonds. The minimum absolute atomic E-state index is 0.157. The molecule has 92 valence electrons. The Balaban J connectivity index is 1.73. The predicted molar refractivity (Wildman–Crippen MR) is 81.4 cm³/mol. The van der Waals surface area contributed by atoms with Gasteiger partial charge in [0, 0.05) is 20.5 Å². The van der Waals surface area contributed by atoms with Crippen molar-refractivity contribution in [1.82, 2.24) is 0 Å². The minimum Gasteiger partial charge on any atom is -0.323 e. The summed E-state index contributed by atoms with van der Waals surface area (Å²) in [4.78, 5) is 2.72. The molecule has 2 heterocycles. The number of benzene rings is 1. The van der Waals surface area contributed by atoms with E-state index in [1.54, 1.807) is 0 Å². The van der Waals surface area contributed by atoms with E-state index in [0.29, 0.717) is 0 Å². The van der Waals surface area contributed by atoms with Crippen molar-refractivity contribution < 1.29 is 0 Å². The molecule has 3 aromatic rings. The van der Waals surface area contributed by atoms with Gasteiger partial charge in [-0.2, -0.15) is 0 Å². The number of thiophene rings is 2. The van der Waals surface area contributed by atoms with Crippen molar-refractivity contribution in [2.45, 2.75) is 18.9 Å². The molecule has 1 atom stereocenters. The SMILES string of the molecule is NC(CCc1cccs1)c1cc2ccccc2s1. The Morgan fingerprint density at radius 2 is 2.00 bits per heavy atom. The van der Waals surface area contributed by atoms with E-state index in [9.17, 15) is 0 Å². The molecule has 0 aliphatic carbocycles. The Hall–Kier alpha value is -1.16. The van der Waals surface area contributed by atoms with Crippen molar-refractivity contribution in [1.29, 1.82) is 0 Å². The van der Waals surface area contributed by atoms with Crippen LogP contribution in [0, 0.1) is 0 Å². The van der Waals surface area contributed by atoms with E-state index < -0.39 is 0 Å². The second kappa shape index (κ2) is 5.22. The molecule has 0 bridgehead atoms. The molecular formula is C15H15NS2. The van der Waals surface area contributed by atoms with Crippen LogP contribution in [-0.2, 0) is 6.42 Å². The van der Waals surface area contributed by atoms with Gasteiger partial charge < -0.3 is 5.73 Å². The van der Waals surface area contributed by atoms with Crippen LogP contribution < -0.4 is 5.73 Å². The number of hydrogen-bond acceptors (Lipinski definition) is 3. The quantitative estimate of drug-likeness (QED) is 0.739. The van der Waals surface area contributed by atoms with Crippen LogP contribution in [0.3, 0.4) is 0 Å². The molecule has 3 rings (SSSR count). The van der Waals surface area contributed by atoms with Crippen molar-refractivity contribution in [3.63, 3.8) is 0 Å². The van der Waals surface area contributed by atoms with Crippen molar-refractivity contribution in [2.75, 3.05) is 0 Å². The Bertz CT molecular complexity index is 592. The monoisotopic (exact) mass is 273 g/mol. The van der Waals surface area contributed by atoms with Crippen molar-refractivity contribution in [3.8, 4) is 0 Å². The van der Waals surface area contributed by atoms with Crippen molar-refractivity contribution in [3.05, 3.63) is 57.6 Å². The third kappa shape index (κ3) is 2.48. The first-order valence-electron chi connectivity index (χ1n) is 6.09. The standard InChI is InChI=1S/C15H15NS2/c16-13(8-7-12-5-3-9-17-12)15-10-11-4-1-2-6-14(11)18-15/h1-6,9-10,13H,7-8,16H2. The Morgan fingerprint density at radius 3 is 2.78 bits per heavy atom. The molecule has 1 nitrogen and oxygen atoms in total. The lowest BCUT2D eigenvalue weighted by molar-refractivity contribution is 0.667. The summed E-state index contributed by atoms with van der Waals surface area (Å²) in [6, 6.07) is 15.2. The summed E-state index contributed by atoms with van der Waals surface area (Å²) >= 11 is 3.63. The van der Waals surface area contributed by atoms with Gasteiger partial charge in [-0.1, -0.05) is 24.3 Å². The molecule has 1 unspecified atom stereocenters. The highest BCUT2D eigenvalue weighted by molar-refractivity contribution is 7.19. The van der Waals surface area contributed by atoms with Gasteiger partial charge in [0.2, 0.25) is 0 Å². The van der Waals surface area contributed by atoms with Gasteiger partial charge in [0.25, 0.3) is 0 Å². The van der Waals surface area contributed by atoms with Crippen LogP contribution in [0.15, 0.2) is 47.8 Å². The normalized spacial score (nSPS) is 12.9. The summed E-state index contributed by atoms with van der Waals surface area (Å²) in [5.41, 5.74) is 6.29. The summed E-state index contributed by atoms with van der Waals surface area (Å²) < 4.78 is 1.33. The molecule has 0 aliphatic heterocycles. The van der Waals surface area contributed by atoms with E-state index in [2.05, 4.69) is 47.8 Å². The fourth-order valence-corrected chi connectivity index (χ4v) is 3.91. The highest BCUT2D eigenvalue weighted by Gasteiger charge is 2.10. The maximum atomic E-state index is 6.29. The molecule has 0 radical (unpaired) electrons. The third-order valence-electron chi connectivity index (χ3n) is 3.09. The van der Waals surface area contributed by atoms with Gasteiger partial charge in [-0.15, -0.1) is 22.7 Å². The zero-order valence-corrected chi connectivity index (χ0v) is 11.6. The van der Waals surface area contributed by atoms with Gasteiger partial charge in [-0.05, 0) is 41.8 Å². The molecule has 0 saturated heterocycles. The Morgan fingerprint density at radius 1 is 1.11 bits per heavy atom. The average molecular weight is 273 g/mol. The van der Waals surface area contributed by atoms with Crippen molar-refractivity contribution >= 4 is 32.8 Å². The topological polar surface area (TPSA) is 26.0 Å². The molecule has 3 heteroatoms. The predicted octanol–water partition coefficient (Wildman–Crippen LogP) is 4.60. The van der Waals surface area contributed by atoms with Crippen LogP contribution in [0.5, 0.6) is 0 Å².